The normalized spacial score (nSPS) is 11.7. The molecule has 0 atom stereocenters. The van der Waals surface area contributed by atoms with Crippen molar-refractivity contribution in [3.8, 4) is 11.1 Å². The molecule has 0 radical (unpaired) electrons. The molecule has 32 heavy (non-hydrogen) atoms. The van der Waals surface area contributed by atoms with Gasteiger partial charge in [0.15, 0.2) is 17.4 Å². The molecule has 6 nitrogen and oxygen atoms in total. The van der Waals surface area contributed by atoms with Crippen molar-refractivity contribution >= 4 is 26.8 Å². The van der Waals surface area contributed by atoms with Crippen LogP contribution < -0.4 is 5.14 Å². The quantitative estimate of drug-likeness (QED) is 0.370. The molecule has 2 N–H and O–H groups in total. The number of rotatable bonds is 4. The van der Waals surface area contributed by atoms with Crippen LogP contribution in [0.3, 0.4) is 0 Å². The summed E-state index contributed by atoms with van der Waals surface area (Å²) in [5.41, 5.74) is -0.452. The lowest BCUT2D eigenvalue weighted by Gasteiger charge is -2.12. The molecule has 0 saturated heterocycles. The average molecular weight is 457 g/mol. The van der Waals surface area contributed by atoms with Crippen LogP contribution in [0, 0.1) is 24.4 Å². The summed E-state index contributed by atoms with van der Waals surface area (Å²) >= 11 is 0. The molecule has 4 aromatic rings. The molecular weight excluding hydrogens is 443 g/mol. The number of sulfonamides is 1. The maximum Gasteiger partial charge on any atom is 0.238 e. The molecule has 10 heteroatoms. The standard InChI is InChI=1S/C22H14F3N3O3S/c1-11-10-27-17-6-5-13(8-18(17)28-11)22(29)19-20(24)15(9-16(23)21(19)25)12-3-2-4-14(7-12)32(26,30)31/h2-10H,1H3,(H2,26,30,31). The van der Waals surface area contributed by atoms with E-state index in [9.17, 15) is 22.0 Å². The highest BCUT2D eigenvalue weighted by atomic mass is 32.2. The van der Waals surface area contributed by atoms with E-state index in [4.69, 9.17) is 5.14 Å². The minimum atomic E-state index is -4.13. The Kier molecular flexibility index (Phi) is 5.27. The summed E-state index contributed by atoms with van der Waals surface area (Å²) in [5, 5.41) is 5.09. The number of benzene rings is 3. The van der Waals surface area contributed by atoms with E-state index >= 15 is 4.39 Å². The molecule has 0 aliphatic heterocycles. The van der Waals surface area contributed by atoms with Crippen LogP contribution in [-0.4, -0.2) is 24.2 Å². The van der Waals surface area contributed by atoms with Gasteiger partial charge in [-0.2, -0.15) is 0 Å². The summed E-state index contributed by atoms with van der Waals surface area (Å²) in [6, 6.07) is 9.35. The number of hydrogen-bond acceptors (Lipinski definition) is 5. The lowest BCUT2D eigenvalue weighted by atomic mass is 9.96. The van der Waals surface area contributed by atoms with Crippen molar-refractivity contribution in [2.75, 3.05) is 0 Å². The van der Waals surface area contributed by atoms with E-state index in [0.717, 1.165) is 6.07 Å². The lowest BCUT2D eigenvalue weighted by Crippen LogP contribution is -2.13. The van der Waals surface area contributed by atoms with Crippen molar-refractivity contribution in [2.45, 2.75) is 11.8 Å². The van der Waals surface area contributed by atoms with Crippen molar-refractivity contribution in [3.63, 3.8) is 0 Å². The Labute approximate surface area is 180 Å². The first-order valence-corrected chi connectivity index (χ1v) is 10.7. The van der Waals surface area contributed by atoms with Crippen molar-refractivity contribution in [3.05, 3.63) is 89.0 Å². The molecule has 0 aliphatic carbocycles. The van der Waals surface area contributed by atoms with E-state index in [1.807, 2.05) is 0 Å². The number of carbonyl (C=O) groups excluding carboxylic acids is 1. The van der Waals surface area contributed by atoms with Gasteiger partial charge < -0.3 is 0 Å². The van der Waals surface area contributed by atoms with Gasteiger partial charge in [0.25, 0.3) is 0 Å². The first-order chi connectivity index (χ1) is 15.1. The minimum absolute atomic E-state index is 0.0954. The first kappa shape index (κ1) is 21.6. The Bertz CT molecular complexity index is 1520. The maximum atomic E-state index is 15.3. The van der Waals surface area contributed by atoms with Gasteiger partial charge in [-0.05, 0) is 48.9 Å². The number of primary sulfonamides is 1. The van der Waals surface area contributed by atoms with E-state index in [1.165, 1.54) is 42.6 Å². The molecule has 1 aromatic heterocycles. The molecule has 0 aliphatic rings. The SMILES string of the molecule is Cc1cnc2ccc(C(=O)c3c(F)c(F)cc(-c4cccc(S(N)(=O)=O)c4)c3F)cc2n1. The summed E-state index contributed by atoms with van der Waals surface area (Å²) in [4.78, 5) is 21.0. The third kappa shape index (κ3) is 3.85. The number of halogens is 3. The van der Waals surface area contributed by atoms with Crippen LogP contribution in [0.25, 0.3) is 22.2 Å². The Morgan fingerprint density at radius 1 is 0.969 bits per heavy atom. The van der Waals surface area contributed by atoms with Crippen LogP contribution in [0.4, 0.5) is 13.2 Å². The monoisotopic (exact) mass is 457 g/mol. The summed E-state index contributed by atoms with van der Waals surface area (Å²) in [5.74, 6) is -5.57. The summed E-state index contributed by atoms with van der Waals surface area (Å²) in [6.45, 7) is 1.69. The van der Waals surface area contributed by atoms with Gasteiger partial charge in [-0.3, -0.25) is 9.78 Å². The van der Waals surface area contributed by atoms with E-state index < -0.39 is 44.4 Å². The third-order valence-electron chi connectivity index (χ3n) is 4.78. The fourth-order valence-electron chi connectivity index (χ4n) is 3.24. The van der Waals surface area contributed by atoms with Gasteiger partial charge in [0.2, 0.25) is 10.0 Å². The number of aryl methyl sites for hydroxylation is 1. The number of carbonyl (C=O) groups is 1. The molecule has 3 aromatic carbocycles. The van der Waals surface area contributed by atoms with Gasteiger partial charge in [0, 0.05) is 17.3 Å². The number of ketones is 1. The van der Waals surface area contributed by atoms with Gasteiger partial charge in [0.05, 0.1) is 27.2 Å². The zero-order valence-electron chi connectivity index (χ0n) is 16.4. The number of nitrogens with two attached hydrogens (primary N) is 1. The second-order valence-corrected chi connectivity index (χ2v) is 8.59. The van der Waals surface area contributed by atoms with E-state index in [-0.39, 0.29) is 16.0 Å². The van der Waals surface area contributed by atoms with Crippen molar-refractivity contribution in [1.82, 2.24) is 9.97 Å². The summed E-state index contributed by atoms with van der Waals surface area (Å²) in [6.07, 6.45) is 1.53. The second kappa shape index (κ2) is 7.81. The highest BCUT2D eigenvalue weighted by Gasteiger charge is 2.26. The predicted molar refractivity (Wildman–Crippen MR) is 111 cm³/mol. The fraction of sp³-hybridized carbons (Fsp3) is 0.0455. The van der Waals surface area contributed by atoms with Crippen molar-refractivity contribution < 1.29 is 26.4 Å². The topological polar surface area (TPSA) is 103 Å². The first-order valence-electron chi connectivity index (χ1n) is 9.15. The van der Waals surface area contributed by atoms with Crippen LogP contribution in [-0.2, 0) is 10.0 Å². The number of aromatic nitrogens is 2. The third-order valence-corrected chi connectivity index (χ3v) is 5.69. The van der Waals surface area contributed by atoms with Crippen LogP contribution >= 0.6 is 0 Å². The maximum absolute atomic E-state index is 15.3. The van der Waals surface area contributed by atoms with Gasteiger partial charge in [-0.15, -0.1) is 0 Å². The molecule has 0 amide bonds. The van der Waals surface area contributed by atoms with Gasteiger partial charge in [-0.25, -0.2) is 31.7 Å². The lowest BCUT2D eigenvalue weighted by molar-refractivity contribution is 0.103. The fourth-order valence-corrected chi connectivity index (χ4v) is 3.80. The molecule has 4 rings (SSSR count). The molecule has 0 spiro atoms. The van der Waals surface area contributed by atoms with Crippen LogP contribution in [0.5, 0.6) is 0 Å². The smallest absolute Gasteiger partial charge is 0.238 e. The Morgan fingerprint density at radius 2 is 1.72 bits per heavy atom. The van der Waals surface area contributed by atoms with Crippen molar-refractivity contribution in [2.24, 2.45) is 5.14 Å². The summed E-state index contributed by atoms with van der Waals surface area (Å²) < 4.78 is 67.4. The van der Waals surface area contributed by atoms with E-state index in [2.05, 4.69) is 9.97 Å². The molecule has 0 fully saturated rings. The molecule has 1 heterocycles. The highest BCUT2D eigenvalue weighted by Crippen LogP contribution is 2.31. The number of fused-ring (bicyclic) bond motifs is 1. The number of nitrogens with zero attached hydrogens (tertiary/aromatic N) is 2. The van der Waals surface area contributed by atoms with E-state index in [0.29, 0.717) is 22.8 Å². The van der Waals surface area contributed by atoms with Crippen LogP contribution in [0.1, 0.15) is 21.6 Å². The van der Waals surface area contributed by atoms with Gasteiger partial charge >= 0.3 is 0 Å². The second-order valence-electron chi connectivity index (χ2n) is 7.03. The van der Waals surface area contributed by atoms with Crippen molar-refractivity contribution in [1.29, 1.82) is 0 Å². The van der Waals surface area contributed by atoms with E-state index in [1.54, 1.807) is 6.92 Å². The number of hydrogen-bond donors (Lipinski definition) is 1. The predicted octanol–water partition coefficient (Wildman–Crippen LogP) is 3.90. The zero-order chi connectivity index (χ0) is 23.2. The van der Waals surface area contributed by atoms with Gasteiger partial charge in [0.1, 0.15) is 5.82 Å². The molecular formula is C22H14F3N3O3S. The highest BCUT2D eigenvalue weighted by molar-refractivity contribution is 7.89. The Hall–Kier alpha value is -3.63. The molecule has 0 saturated carbocycles. The van der Waals surface area contributed by atoms with Crippen LogP contribution in [0.2, 0.25) is 0 Å². The largest absolute Gasteiger partial charge is 0.288 e. The minimum Gasteiger partial charge on any atom is -0.288 e. The van der Waals surface area contributed by atoms with Gasteiger partial charge in [-0.1, -0.05) is 12.1 Å². The average Bonchev–Trinajstić information content (AvgIpc) is 2.75. The molecule has 0 bridgehead atoms. The molecule has 0 unspecified atom stereocenters. The summed E-state index contributed by atoms with van der Waals surface area (Å²) in [7, 11) is -4.13. The zero-order valence-corrected chi connectivity index (χ0v) is 17.3. The van der Waals surface area contributed by atoms with Crippen LogP contribution in [0.15, 0.2) is 59.6 Å². The Balaban J connectivity index is 1.89. The molecule has 162 valence electrons. The Morgan fingerprint density at radius 3 is 2.44 bits per heavy atom.